The second kappa shape index (κ2) is 6.50. The predicted octanol–water partition coefficient (Wildman–Crippen LogP) is 5.13. The van der Waals surface area contributed by atoms with Gasteiger partial charge in [0.05, 0.1) is 0 Å². The fourth-order valence-electron chi connectivity index (χ4n) is 2.13. The lowest BCUT2D eigenvalue weighted by molar-refractivity contribution is 0.628. The van der Waals surface area contributed by atoms with Crippen LogP contribution in [0.5, 0.6) is 0 Å². The summed E-state index contributed by atoms with van der Waals surface area (Å²) in [7, 11) is 0. The van der Waals surface area contributed by atoms with Gasteiger partial charge < -0.3 is 5.73 Å². The Morgan fingerprint density at radius 3 is 2.68 bits per heavy atom. The smallest absolute Gasteiger partial charge is 0.152 e. The summed E-state index contributed by atoms with van der Waals surface area (Å²) >= 11 is 3.14. The van der Waals surface area contributed by atoms with E-state index < -0.39 is 0 Å². The van der Waals surface area contributed by atoms with Crippen molar-refractivity contribution in [3.8, 4) is 11.3 Å². The molecule has 0 fully saturated rings. The van der Waals surface area contributed by atoms with Crippen molar-refractivity contribution in [2.45, 2.75) is 17.0 Å². The van der Waals surface area contributed by atoms with Gasteiger partial charge in [-0.05, 0) is 36.8 Å². The molecule has 22 heavy (non-hydrogen) atoms. The summed E-state index contributed by atoms with van der Waals surface area (Å²) in [6.07, 6.45) is 0. The van der Waals surface area contributed by atoms with Crippen molar-refractivity contribution in [1.29, 1.82) is 0 Å². The van der Waals surface area contributed by atoms with Crippen LogP contribution in [-0.4, -0.2) is 4.98 Å². The summed E-state index contributed by atoms with van der Waals surface area (Å²) in [5.41, 5.74) is 10.2. The number of thioether (sulfide) groups is 1. The second-order valence-electron chi connectivity index (χ2n) is 4.98. The lowest BCUT2D eigenvalue weighted by Gasteiger charge is -2.00. The van der Waals surface area contributed by atoms with Crippen LogP contribution in [0, 0.1) is 12.7 Å². The summed E-state index contributed by atoms with van der Waals surface area (Å²) in [6, 6.07) is 14.7. The number of anilines is 1. The molecule has 0 atom stereocenters. The predicted molar refractivity (Wildman–Crippen MR) is 92.7 cm³/mol. The zero-order chi connectivity index (χ0) is 15.5. The Labute approximate surface area is 137 Å². The van der Waals surface area contributed by atoms with Gasteiger partial charge in [-0.25, -0.2) is 9.37 Å². The van der Waals surface area contributed by atoms with E-state index in [0.29, 0.717) is 5.00 Å². The van der Waals surface area contributed by atoms with Crippen molar-refractivity contribution in [1.82, 2.24) is 4.98 Å². The maximum Gasteiger partial charge on any atom is 0.152 e. The fraction of sp³-hybridized carbons (Fsp3) is 0.118. The third kappa shape index (κ3) is 3.48. The molecule has 0 aliphatic carbocycles. The number of hydrogen-bond acceptors (Lipinski definition) is 4. The van der Waals surface area contributed by atoms with E-state index in [1.54, 1.807) is 23.9 Å². The summed E-state index contributed by atoms with van der Waals surface area (Å²) in [5, 5.41) is 0.665. The molecule has 0 aliphatic rings. The highest BCUT2D eigenvalue weighted by molar-refractivity contribution is 8.00. The standard InChI is InChI=1S/C17H15FN2S2/c1-11-3-2-4-12(9-11)10-21-17-20-15(16(19)22-17)13-5-7-14(18)8-6-13/h2-9H,10,19H2,1H3. The molecule has 5 heteroatoms. The van der Waals surface area contributed by atoms with Crippen molar-refractivity contribution in [2.75, 3.05) is 5.73 Å². The van der Waals surface area contributed by atoms with Gasteiger partial charge in [0, 0.05) is 11.3 Å². The summed E-state index contributed by atoms with van der Waals surface area (Å²) in [4.78, 5) is 4.58. The van der Waals surface area contributed by atoms with Crippen molar-refractivity contribution >= 4 is 28.1 Å². The molecule has 1 heterocycles. The van der Waals surface area contributed by atoms with E-state index in [-0.39, 0.29) is 5.82 Å². The first-order valence-corrected chi connectivity index (χ1v) is 8.62. The number of nitrogens with two attached hydrogens (primary N) is 1. The molecule has 112 valence electrons. The molecule has 0 unspecified atom stereocenters. The Balaban J connectivity index is 1.76. The normalized spacial score (nSPS) is 10.8. The minimum absolute atomic E-state index is 0.258. The molecule has 2 nitrogen and oxygen atoms in total. The highest BCUT2D eigenvalue weighted by Crippen LogP contribution is 2.36. The Hall–Kier alpha value is -1.85. The van der Waals surface area contributed by atoms with E-state index in [9.17, 15) is 4.39 Å². The Bertz CT molecular complexity index is 782. The Morgan fingerprint density at radius 2 is 1.95 bits per heavy atom. The number of aromatic nitrogens is 1. The first kappa shape index (κ1) is 15.1. The van der Waals surface area contributed by atoms with Gasteiger partial charge in [-0.1, -0.05) is 52.9 Å². The molecule has 1 aromatic heterocycles. The van der Waals surface area contributed by atoms with Crippen molar-refractivity contribution in [3.63, 3.8) is 0 Å². The number of benzene rings is 2. The third-order valence-corrected chi connectivity index (χ3v) is 5.29. The first-order valence-electron chi connectivity index (χ1n) is 6.82. The largest absolute Gasteiger partial charge is 0.389 e. The van der Waals surface area contributed by atoms with Crippen LogP contribution in [0.2, 0.25) is 0 Å². The quantitative estimate of drug-likeness (QED) is 0.674. The topological polar surface area (TPSA) is 38.9 Å². The molecule has 0 bridgehead atoms. The SMILES string of the molecule is Cc1cccc(CSc2nc(-c3ccc(F)cc3)c(N)s2)c1. The van der Waals surface area contributed by atoms with Crippen LogP contribution in [0.4, 0.5) is 9.39 Å². The molecule has 0 spiro atoms. The zero-order valence-corrected chi connectivity index (χ0v) is 13.7. The molecule has 3 rings (SSSR count). The van der Waals surface area contributed by atoms with Gasteiger partial charge >= 0.3 is 0 Å². The fourth-order valence-corrected chi connectivity index (χ4v) is 4.03. The van der Waals surface area contributed by atoms with Crippen LogP contribution >= 0.6 is 23.1 Å². The molecule has 2 aromatic carbocycles. The molecule has 0 amide bonds. The molecule has 3 aromatic rings. The highest BCUT2D eigenvalue weighted by atomic mass is 32.2. The summed E-state index contributed by atoms with van der Waals surface area (Å²) in [5.74, 6) is 0.601. The van der Waals surface area contributed by atoms with Gasteiger partial charge in [-0.15, -0.1) is 0 Å². The number of nitrogens with zero attached hydrogens (tertiary/aromatic N) is 1. The average molecular weight is 330 g/mol. The molecule has 2 N–H and O–H groups in total. The highest BCUT2D eigenvalue weighted by Gasteiger charge is 2.11. The van der Waals surface area contributed by atoms with Crippen LogP contribution in [0.1, 0.15) is 11.1 Å². The number of hydrogen-bond donors (Lipinski definition) is 1. The Kier molecular flexibility index (Phi) is 4.45. The maximum absolute atomic E-state index is 13.0. The van der Waals surface area contributed by atoms with Crippen LogP contribution in [0.3, 0.4) is 0 Å². The lowest BCUT2D eigenvalue weighted by Crippen LogP contribution is -1.86. The molecule has 0 saturated carbocycles. The van der Waals surface area contributed by atoms with E-state index in [1.807, 2.05) is 0 Å². The molecule has 0 saturated heterocycles. The Morgan fingerprint density at radius 1 is 1.18 bits per heavy atom. The average Bonchev–Trinajstić information content (AvgIpc) is 2.87. The summed E-state index contributed by atoms with van der Waals surface area (Å²) in [6.45, 7) is 2.09. The van der Waals surface area contributed by atoms with E-state index in [1.165, 1.54) is 34.6 Å². The second-order valence-corrected chi connectivity index (χ2v) is 7.23. The number of halogens is 1. The molecular weight excluding hydrogens is 315 g/mol. The minimum Gasteiger partial charge on any atom is -0.389 e. The van der Waals surface area contributed by atoms with Crippen molar-refractivity contribution in [2.24, 2.45) is 0 Å². The van der Waals surface area contributed by atoms with Gasteiger partial charge in [-0.3, -0.25) is 0 Å². The van der Waals surface area contributed by atoms with Crippen LogP contribution in [0.15, 0.2) is 52.9 Å². The van der Waals surface area contributed by atoms with Gasteiger partial charge in [0.15, 0.2) is 4.34 Å². The lowest BCUT2D eigenvalue weighted by atomic mass is 10.2. The molecular formula is C17H15FN2S2. The third-order valence-electron chi connectivity index (χ3n) is 3.20. The van der Waals surface area contributed by atoms with E-state index in [2.05, 4.69) is 36.2 Å². The van der Waals surface area contributed by atoms with Crippen molar-refractivity contribution < 1.29 is 4.39 Å². The van der Waals surface area contributed by atoms with Crippen LogP contribution in [0.25, 0.3) is 11.3 Å². The number of aryl methyl sites for hydroxylation is 1. The zero-order valence-electron chi connectivity index (χ0n) is 12.0. The number of thiazole rings is 1. The van der Waals surface area contributed by atoms with Crippen LogP contribution in [-0.2, 0) is 5.75 Å². The van der Waals surface area contributed by atoms with Crippen molar-refractivity contribution in [3.05, 3.63) is 65.5 Å². The summed E-state index contributed by atoms with van der Waals surface area (Å²) < 4.78 is 13.9. The monoisotopic (exact) mass is 330 g/mol. The molecule has 0 radical (unpaired) electrons. The van der Waals surface area contributed by atoms with Gasteiger partial charge in [-0.2, -0.15) is 0 Å². The van der Waals surface area contributed by atoms with E-state index in [4.69, 9.17) is 5.73 Å². The van der Waals surface area contributed by atoms with Gasteiger partial charge in [0.2, 0.25) is 0 Å². The van der Waals surface area contributed by atoms with Gasteiger partial charge in [0.25, 0.3) is 0 Å². The maximum atomic E-state index is 13.0. The number of rotatable bonds is 4. The first-order chi connectivity index (χ1) is 10.6. The van der Waals surface area contributed by atoms with E-state index in [0.717, 1.165) is 21.3 Å². The van der Waals surface area contributed by atoms with E-state index >= 15 is 0 Å². The van der Waals surface area contributed by atoms with Gasteiger partial charge in [0.1, 0.15) is 16.5 Å². The van der Waals surface area contributed by atoms with Crippen LogP contribution < -0.4 is 5.73 Å². The minimum atomic E-state index is -0.258. The molecule has 0 aliphatic heterocycles. The number of nitrogen functional groups attached to an aromatic ring is 1.